The van der Waals surface area contributed by atoms with Crippen LogP contribution in [-0.4, -0.2) is 36.3 Å². The van der Waals surface area contributed by atoms with Gasteiger partial charge >= 0.3 is 0 Å². The number of halogens is 2. The Bertz CT molecular complexity index is 563. The van der Waals surface area contributed by atoms with Crippen molar-refractivity contribution >= 4 is 17.5 Å². The van der Waals surface area contributed by atoms with Crippen LogP contribution < -0.4 is 11.1 Å². The van der Waals surface area contributed by atoms with Crippen LogP contribution in [-0.2, 0) is 4.79 Å². The minimum Gasteiger partial charge on any atom is -0.396 e. The van der Waals surface area contributed by atoms with Crippen LogP contribution in [0.25, 0.3) is 0 Å². The number of carbonyl (C=O) groups excluding carboxylic acids is 2. The molecule has 1 aliphatic heterocycles. The predicted molar refractivity (Wildman–Crippen MR) is 68.9 cm³/mol. The molecule has 108 valence electrons. The fraction of sp³-hybridized carbons (Fsp3) is 0.385. The van der Waals surface area contributed by atoms with Gasteiger partial charge in [0.1, 0.15) is 5.82 Å². The molecule has 5 nitrogen and oxygen atoms in total. The summed E-state index contributed by atoms with van der Waals surface area (Å²) in [7, 11) is 1.63. The molecule has 3 N–H and O–H groups in total. The van der Waals surface area contributed by atoms with Crippen LogP contribution in [0, 0.1) is 11.6 Å². The number of nitrogens with one attached hydrogen (secondary N) is 1. The Hall–Kier alpha value is -2.18. The van der Waals surface area contributed by atoms with Crippen molar-refractivity contribution in [3.8, 4) is 0 Å². The van der Waals surface area contributed by atoms with Gasteiger partial charge in [0.25, 0.3) is 5.91 Å². The number of hydrogen-bond donors (Lipinski definition) is 2. The third-order valence-corrected chi connectivity index (χ3v) is 3.27. The van der Waals surface area contributed by atoms with Gasteiger partial charge < -0.3 is 16.0 Å². The van der Waals surface area contributed by atoms with Gasteiger partial charge in [0, 0.05) is 26.1 Å². The number of carbonyl (C=O) groups is 2. The first kappa shape index (κ1) is 14.2. The molecule has 0 spiro atoms. The van der Waals surface area contributed by atoms with Gasteiger partial charge in [-0.15, -0.1) is 0 Å². The van der Waals surface area contributed by atoms with E-state index in [1.807, 2.05) is 0 Å². The van der Waals surface area contributed by atoms with E-state index in [9.17, 15) is 18.4 Å². The quantitative estimate of drug-likeness (QED) is 0.792. The monoisotopic (exact) mass is 283 g/mol. The summed E-state index contributed by atoms with van der Waals surface area (Å²) >= 11 is 0. The van der Waals surface area contributed by atoms with Crippen molar-refractivity contribution in [1.29, 1.82) is 0 Å². The molecule has 1 heterocycles. The first-order valence-corrected chi connectivity index (χ1v) is 6.18. The largest absolute Gasteiger partial charge is 0.396 e. The van der Waals surface area contributed by atoms with Crippen molar-refractivity contribution in [2.24, 2.45) is 0 Å². The summed E-state index contributed by atoms with van der Waals surface area (Å²) < 4.78 is 26.9. The van der Waals surface area contributed by atoms with Crippen molar-refractivity contribution in [2.45, 2.75) is 18.9 Å². The zero-order valence-corrected chi connectivity index (χ0v) is 11.0. The summed E-state index contributed by atoms with van der Waals surface area (Å²) in [5.74, 6) is -2.45. The van der Waals surface area contributed by atoms with Crippen LogP contribution >= 0.6 is 0 Å². The second kappa shape index (κ2) is 5.44. The normalized spacial score (nSPS) is 19.1. The van der Waals surface area contributed by atoms with Gasteiger partial charge in [-0.25, -0.2) is 8.78 Å². The summed E-state index contributed by atoms with van der Waals surface area (Å²) in [6.07, 6.45) is 0.788. The van der Waals surface area contributed by atoms with Gasteiger partial charge in [0.2, 0.25) is 5.91 Å². The summed E-state index contributed by atoms with van der Waals surface area (Å²) in [6, 6.07) is 1.34. The number of anilines is 1. The van der Waals surface area contributed by atoms with Gasteiger partial charge in [0.05, 0.1) is 11.3 Å². The highest BCUT2D eigenvalue weighted by Gasteiger charge is 2.25. The maximum atomic E-state index is 13.7. The van der Waals surface area contributed by atoms with Gasteiger partial charge in [-0.05, 0) is 18.6 Å². The molecule has 1 aromatic rings. The van der Waals surface area contributed by atoms with Crippen LogP contribution in [0.2, 0.25) is 0 Å². The highest BCUT2D eigenvalue weighted by molar-refractivity contribution is 5.95. The lowest BCUT2D eigenvalue weighted by atomic mass is 10.0. The first-order valence-electron chi connectivity index (χ1n) is 6.18. The maximum Gasteiger partial charge on any atom is 0.254 e. The van der Waals surface area contributed by atoms with Crippen molar-refractivity contribution < 1.29 is 18.4 Å². The molecular formula is C13H15F2N3O2. The lowest BCUT2D eigenvalue weighted by molar-refractivity contribution is -0.132. The van der Waals surface area contributed by atoms with E-state index in [2.05, 4.69) is 5.32 Å². The number of benzene rings is 1. The van der Waals surface area contributed by atoms with E-state index in [1.165, 1.54) is 4.90 Å². The first-order chi connectivity index (χ1) is 9.38. The molecule has 0 aromatic heterocycles. The van der Waals surface area contributed by atoms with E-state index in [0.717, 1.165) is 12.1 Å². The molecule has 1 fully saturated rings. The third-order valence-electron chi connectivity index (χ3n) is 3.27. The number of likely N-dealkylation sites (tertiary alicyclic amines) is 1. The molecule has 20 heavy (non-hydrogen) atoms. The smallest absolute Gasteiger partial charge is 0.254 e. The maximum absolute atomic E-state index is 13.7. The van der Waals surface area contributed by atoms with Gasteiger partial charge in [0.15, 0.2) is 5.82 Å². The Morgan fingerprint density at radius 2 is 2.15 bits per heavy atom. The van der Waals surface area contributed by atoms with E-state index in [0.29, 0.717) is 19.4 Å². The van der Waals surface area contributed by atoms with Crippen molar-refractivity contribution in [1.82, 2.24) is 10.2 Å². The Morgan fingerprint density at radius 3 is 2.80 bits per heavy atom. The SMILES string of the molecule is CN1CC(NC(=O)c2cc(F)cc(N)c2F)CCC1=O. The zero-order chi connectivity index (χ0) is 14.9. The van der Waals surface area contributed by atoms with Crippen molar-refractivity contribution in [3.05, 3.63) is 29.3 Å². The minimum atomic E-state index is -0.941. The molecule has 1 unspecified atom stereocenters. The summed E-state index contributed by atoms with van der Waals surface area (Å²) in [6.45, 7) is 0.344. The number of hydrogen-bond acceptors (Lipinski definition) is 3. The average molecular weight is 283 g/mol. The molecule has 0 radical (unpaired) electrons. The number of amides is 2. The van der Waals surface area contributed by atoms with E-state index < -0.39 is 28.8 Å². The Kier molecular flexibility index (Phi) is 3.87. The van der Waals surface area contributed by atoms with E-state index in [-0.39, 0.29) is 11.9 Å². The Morgan fingerprint density at radius 1 is 1.45 bits per heavy atom. The summed E-state index contributed by atoms with van der Waals surface area (Å²) in [4.78, 5) is 24.8. The molecule has 1 aliphatic rings. The number of rotatable bonds is 2. The number of nitrogens with two attached hydrogens (primary N) is 1. The second-order valence-corrected chi connectivity index (χ2v) is 4.84. The average Bonchev–Trinajstić information content (AvgIpc) is 2.38. The van der Waals surface area contributed by atoms with E-state index in [1.54, 1.807) is 7.05 Å². The van der Waals surface area contributed by atoms with Crippen LogP contribution in [0.15, 0.2) is 12.1 Å². The van der Waals surface area contributed by atoms with Crippen LogP contribution in [0.3, 0.4) is 0 Å². The highest BCUT2D eigenvalue weighted by Crippen LogP contribution is 2.18. The molecular weight excluding hydrogens is 268 g/mol. The second-order valence-electron chi connectivity index (χ2n) is 4.84. The van der Waals surface area contributed by atoms with E-state index in [4.69, 9.17) is 5.73 Å². The number of nitrogens with zero attached hydrogens (tertiary/aromatic N) is 1. The van der Waals surface area contributed by atoms with Gasteiger partial charge in [-0.2, -0.15) is 0 Å². The molecule has 1 aromatic carbocycles. The number of nitrogen functional groups attached to an aromatic ring is 1. The Balaban J connectivity index is 2.11. The van der Waals surface area contributed by atoms with Crippen LogP contribution in [0.1, 0.15) is 23.2 Å². The molecule has 1 saturated heterocycles. The van der Waals surface area contributed by atoms with Crippen molar-refractivity contribution in [2.75, 3.05) is 19.3 Å². The van der Waals surface area contributed by atoms with Crippen LogP contribution in [0.5, 0.6) is 0 Å². The lowest BCUT2D eigenvalue weighted by Gasteiger charge is -2.30. The predicted octanol–water partition coefficient (Wildman–Crippen LogP) is 0.898. The van der Waals surface area contributed by atoms with Crippen molar-refractivity contribution in [3.63, 3.8) is 0 Å². The highest BCUT2D eigenvalue weighted by atomic mass is 19.1. The minimum absolute atomic E-state index is 0.00307. The molecule has 7 heteroatoms. The fourth-order valence-electron chi connectivity index (χ4n) is 2.17. The Labute approximate surface area is 114 Å². The lowest BCUT2D eigenvalue weighted by Crippen LogP contribution is -2.48. The third kappa shape index (κ3) is 2.87. The summed E-state index contributed by atoms with van der Waals surface area (Å²) in [5, 5.41) is 2.59. The fourth-order valence-corrected chi connectivity index (χ4v) is 2.17. The number of likely N-dealkylation sites (N-methyl/N-ethyl adjacent to an activating group) is 1. The molecule has 0 aliphatic carbocycles. The molecule has 2 amide bonds. The topological polar surface area (TPSA) is 75.4 Å². The molecule has 2 rings (SSSR count). The van der Waals surface area contributed by atoms with E-state index >= 15 is 0 Å². The molecule has 0 saturated carbocycles. The standard InChI is InChI=1S/C13H15F2N3O2/c1-18-6-8(2-3-11(18)19)17-13(20)9-4-7(14)5-10(16)12(9)15/h4-5,8H,2-3,6,16H2,1H3,(H,17,20). The zero-order valence-electron chi connectivity index (χ0n) is 11.0. The number of piperidine rings is 1. The summed E-state index contributed by atoms with van der Waals surface area (Å²) in [5.41, 5.74) is 4.45. The van der Waals surface area contributed by atoms with Crippen LogP contribution in [0.4, 0.5) is 14.5 Å². The van der Waals surface area contributed by atoms with Gasteiger partial charge in [-0.3, -0.25) is 9.59 Å². The van der Waals surface area contributed by atoms with Gasteiger partial charge in [-0.1, -0.05) is 0 Å². The molecule has 1 atom stereocenters. The molecule has 0 bridgehead atoms.